The maximum atomic E-state index is 13.6. The molecule has 0 bridgehead atoms. The first-order chi connectivity index (χ1) is 16.0. The van der Waals surface area contributed by atoms with E-state index in [1.54, 1.807) is 11.8 Å². The molecule has 3 rings (SSSR count). The van der Waals surface area contributed by atoms with Crippen molar-refractivity contribution in [1.29, 1.82) is 0 Å². The van der Waals surface area contributed by atoms with Crippen molar-refractivity contribution in [2.75, 3.05) is 24.7 Å². The average molecular weight is 485 g/mol. The third-order valence-corrected chi connectivity index (χ3v) is 5.53. The number of esters is 1. The van der Waals surface area contributed by atoms with Crippen LogP contribution in [0.4, 0.5) is 27.9 Å². The molecule has 2 heterocycles. The van der Waals surface area contributed by atoms with Gasteiger partial charge in [0.25, 0.3) is 0 Å². The van der Waals surface area contributed by atoms with E-state index in [1.165, 1.54) is 24.5 Å². The summed E-state index contributed by atoms with van der Waals surface area (Å²) in [6.45, 7) is 4.81. The lowest BCUT2D eigenvalue weighted by Gasteiger charge is -2.40. The van der Waals surface area contributed by atoms with Crippen LogP contribution in [0.3, 0.4) is 0 Å². The highest BCUT2D eigenvalue weighted by Crippen LogP contribution is 2.35. The van der Waals surface area contributed by atoms with Crippen LogP contribution in [-0.2, 0) is 15.7 Å². The van der Waals surface area contributed by atoms with Crippen LogP contribution in [0.1, 0.15) is 47.2 Å². The SMILES string of the molecule is C=CC(F)(F)OC[C@H]1CCC(c2ccc(C(F)(F)F)cc2)CN1c1ncc(C(=O)OCC)cn1. The summed E-state index contributed by atoms with van der Waals surface area (Å²) in [7, 11) is 0. The molecule has 0 aliphatic carbocycles. The molecule has 184 valence electrons. The summed E-state index contributed by atoms with van der Waals surface area (Å²) in [6.07, 6.45) is -4.06. The smallest absolute Gasteiger partial charge is 0.416 e. The molecule has 11 heteroatoms. The van der Waals surface area contributed by atoms with Crippen molar-refractivity contribution in [3.05, 3.63) is 66.0 Å². The van der Waals surface area contributed by atoms with Gasteiger partial charge in [-0.3, -0.25) is 0 Å². The molecule has 6 nitrogen and oxygen atoms in total. The topological polar surface area (TPSA) is 64.5 Å². The molecule has 0 spiro atoms. The second-order valence-corrected chi connectivity index (χ2v) is 7.77. The Hall–Kier alpha value is -3.08. The lowest BCUT2D eigenvalue weighted by Crippen LogP contribution is -2.47. The van der Waals surface area contributed by atoms with E-state index in [-0.39, 0.29) is 37.2 Å². The molecular formula is C23H24F5N3O3. The molecule has 0 amide bonds. The van der Waals surface area contributed by atoms with E-state index in [4.69, 9.17) is 9.47 Å². The minimum atomic E-state index is -4.44. The molecule has 1 aliphatic heterocycles. The normalized spacial score (nSPS) is 19.1. The number of hydrogen-bond acceptors (Lipinski definition) is 6. The van der Waals surface area contributed by atoms with Crippen molar-refractivity contribution in [2.24, 2.45) is 0 Å². The van der Waals surface area contributed by atoms with E-state index in [2.05, 4.69) is 16.5 Å². The number of anilines is 1. The molecule has 34 heavy (non-hydrogen) atoms. The molecule has 1 saturated heterocycles. The van der Waals surface area contributed by atoms with Crippen molar-refractivity contribution in [2.45, 2.75) is 44.0 Å². The van der Waals surface area contributed by atoms with Crippen LogP contribution < -0.4 is 4.90 Å². The predicted molar refractivity (Wildman–Crippen MR) is 114 cm³/mol. The van der Waals surface area contributed by atoms with Gasteiger partial charge in [0, 0.05) is 30.9 Å². The highest BCUT2D eigenvalue weighted by atomic mass is 19.4. The number of aromatic nitrogens is 2. The Balaban J connectivity index is 1.83. The number of carbonyl (C=O) groups excluding carboxylic acids is 1. The summed E-state index contributed by atoms with van der Waals surface area (Å²) in [5.41, 5.74) is 0.0598. The first kappa shape index (κ1) is 25.5. The Kier molecular flexibility index (Phi) is 7.86. The van der Waals surface area contributed by atoms with E-state index in [0.29, 0.717) is 24.5 Å². The Morgan fingerprint density at radius 3 is 2.35 bits per heavy atom. The minimum Gasteiger partial charge on any atom is -0.462 e. The minimum absolute atomic E-state index is 0.132. The molecule has 1 unspecified atom stereocenters. The number of piperidine rings is 1. The molecule has 0 N–H and O–H groups in total. The fourth-order valence-electron chi connectivity index (χ4n) is 3.72. The number of alkyl halides is 5. The molecule has 1 aromatic heterocycles. The maximum Gasteiger partial charge on any atom is 0.416 e. The van der Waals surface area contributed by atoms with Gasteiger partial charge in [-0.25, -0.2) is 14.8 Å². The van der Waals surface area contributed by atoms with Crippen LogP contribution in [0.25, 0.3) is 0 Å². The molecule has 0 radical (unpaired) electrons. The maximum absolute atomic E-state index is 13.6. The van der Waals surface area contributed by atoms with E-state index >= 15 is 0 Å². The monoisotopic (exact) mass is 485 g/mol. The summed E-state index contributed by atoms with van der Waals surface area (Å²) < 4.78 is 75.5. The zero-order valence-electron chi connectivity index (χ0n) is 18.4. The fourth-order valence-corrected chi connectivity index (χ4v) is 3.72. The van der Waals surface area contributed by atoms with E-state index in [0.717, 1.165) is 12.1 Å². The van der Waals surface area contributed by atoms with E-state index in [1.807, 2.05) is 0 Å². The molecule has 2 atom stereocenters. The van der Waals surface area contributed by atoms with Crippen LogP contribution in [0, 0.1) is 0 Å². The molecule has 1 aromatic carbocycles. The van der Waals surface area contributed by atoms with Gasteiger partial charge in [-0.2, -0.15) is 22.0 Å². The number of rotatable bonds is 8. The average Bonchev–Trinajstić information content (AvgIpc) is 2.82. The highest BCUT2D eigenvalue weighted by Gasteiger charge is 2.35. The van der Waals surface area contributed by atoms with Gasteiger partial charge >= 0.3 is 18.3 Å². The third-order valence-electron chi connectivity index (χ3n) is 5.53. The summed E-state index contributed by atoms with van der Waals surface area (Å²) in [4.78, 5) is 21.9. The second kappa shape index (κ2) is 10.5. The van der Waals surface area contributed by atoms with Gasteiger partial charge in [0.2, 0.25) is 5.95 Å². The Bertz CT molecular complexity index is 981. The zero-order valence-corrected chi connectivity index (χ0v) is 18.4. The highest BCUT2D eigenvalue weighted by molar-refractivity contribution is 5.88. The summed E-state index contributed by atoms with van der Waals surface area (Å²) in [5, 5.41) is 0. The third kappa shape index (κ3) is 6.28. The van der Waals surface area contributed by atoms with Crippen LogP contribution in [-0.4, -0.2) is 47.8 Å². The largest absolute Gasteiger partial charge is 0.462 e. The first-order valence-electron chi connectivity index (χ1n) is 10.6. The van der Waals surface area contributed by atoms with Crippen molar-refractivity contribution in [3.8, 4) is 0 Å². The summed E-state index contributed by atoms with van der Waals surface area (Å²) >= 11 is 0. The Morgan fingerprint density at radius 1 is 1.15 bits per heavy atom. The van der Waals surface area contributed by atoms with Gasteiger partial charge in [0.15, 0.2) is 0 Å². The van der Waals surface area contributed by atoms with E-state index < -0.39 is 29.9 Å². The van der Waals surface area contributed by atoms with Gasteiger partial charge in [0.1, 0.15) is 0 Å². The van der Waals surface area contributed by atoms with Crippen LogP contribution in [0.2, 0.25) is 0 Å². The predicted octanol–water partition coefficient (Wildman–Crippen LogP) is 5.22. The number of nitrogens with zero attached hydrogens (tertiary/aromatic N) is 3. The fraction of sp³-hybridized carbons (Fsp3) is 0.435. The van der Waals surface area contributed by atoms with Gasteiger partial charge < -0.3 is 14.4 Å². The molecular weight excluding hydrogens is 461 g/mol. The van der Waals surface area contributed by atoms with Crippen molar-refractivity contribution >= 4 is 11.9 Å². The quantitative estimate of drug-likeness (QED) is 0.290. The standard InChI is InChI=1S/C23H24F5N3O3/c1-3-22(24,25)34-14-19-10-7-16(15-5-8-18(9-6-15)23(26,27)28)13-31(19)21-29-11-17(12-30-21)20(32)33-4-2/h3,5-6,8-9,11-12,16,19H,1,4,7,10,13-14H2,2H3/t16?,19-/m1/s1. The lowest BCUT2D eigenvalue weighted by molar-refractivity contribution is -0.203. The van der Waals surface area contributed by atoms with Gasteiger partial charge in [-0.15, -0.1) is 0 Å². The number of benzene rings is 1. The number of halogens is 5. The van der Waals surface area contributed by atoms with Gasteiger partial charge in [-0.1, -0.05) is 18.7 Å². The van der Waals surface area contributed by atoms with Gasteiger partial charge in [0.05, 0.1) is 30.4 Å². The first-order valence-corrected chi connectivity index (χ1v) is 10.6. The van der Waals surface area contributed by atoms with E-state index in [9.17, 15) is 26.7 Å². The Labute approximate surface area is 193 Å². The second-order valence-electron chi connectivity index (χ2n) is 7.77. The molecule has 1 aliphatic rings. The zero-order chi connectivity index (χ0) is 24.9. The summed E-state index contributed by atoms with van der Waals surface area (Å²) in [6, 6.07) is 4.34. The number of ether oxygens (including phenoxy) is 2. The number of hydrogen-bond donors (Lipinski definition) is 0. The molecule has 1 fully saturated rings. The Morgan fingerprint density at radius 2 is 1.79 bits per heavy atom. The lowest BCUT2D eigenvalue weighted by atomic mass is 9.87. The van der Waals surface area contributed by atoms with Crippen LogP contribution in [0.5, 0.6) is 0 Å². The van der Waals surface area contributed by atoms with Crippen LogP contribution in [0.15, 0.2) is 49.3 Å². The molecule has 2 aromatic rings. The molecule has 0 saturated carbocycles. The van der Waals surface area contributed by atoms with Crippen molar-refractivity contribution in [1.82, 2.24) is 9.97 Å². The number of carbonyl (C=O) groups is 1. The van der Waals surface area contributed by atoms with Crippen LogP contribution >= 0.6 is 0 Å². The van der Waals surface area contributed by atoms with Gasteiger partial charge in [-0.05, 0) is 37.5 Å². The van der Waals surface area contributed by atoms with Crippen molar-refractivity contribution < 1.29 is 36.2 Å². The summed E-state index contributed by atoms with van der Waals surface area (Å²) in [5.74, 6) is -0.604. The van der Waals surface area contributed by atoms with Crippen molar-refractivity contribution in [3.63, 3.8) is 0 Å².